The maximum absolute atomic E-state index is 12.4. The van der Waals surface area contributed by atoms with Crippen LogP contribution < -0.4 is 4.74 Å². The van der Waals surface area contributed by atoms with E-state index in [1.165, 1.54) is 0 Å². The molecule has 0 N–H and O–H groups in total. The Balaban J connectivity index is 1.87. The Morgan fingerprint density at radius 1 is 1.19 bits per heavy atom. The average molecular weight is 388 g/mol. The number of nitrogens with zero attached hydrogens (tertiary/aromatic N) is 1. The summed E-state index contributed by atoms with van der Waals surface area (Å²) in [6, 6.07) is 12.8. The maximum Gasteiger partial charge on any atom is 0.341 e. The van der Waals surface area contributed by atoms with E-state index in [-0.39, 0.29) is 0 Å². The SMILES string of the molecule is CCOC(=O)c1cc(-c2csc(C)n2)ccc1OCc1ccc(Cl)cc1. The zero-order valence-corrected chi connectivity index (χ0v) is 16.1. The molecule has 0 saturated heterocycles. The number of carbonyl (C=O) groups is 1. The second-order valence-electron chi connectivity index (χ2n) is 5.60. The fourth-order valence-corrected chi connectivity index (χ4v) is 3.17. The fourth-order valence-electron chi connectivity index (χ4n) is 2.42. The number of hydrogen-bond donors (Lipinski definition) is 0. The van der Waals surface area contributed by atoms with E-state index in [1.54, 1.807) is 42.5 Å². The normalized spacial score (nSPS) is 10.6. The van der Waals surface area contributed by atoms with Gasteiger partial charge in [-0.3, -0.25) is 0 Å². The summed E-state index contributed by atoms with van der Waals surface area (Å²) in [5.74, 6) is 0.0708. The first-order valence-corrected chi connectivity index (χ1v) is 9.43. The maximum atomic E-state index is 12.4. The fraction of sp³-hybridized carbons (Fsp3) is 0.200. The summed E-state index contributed by atoms with van der Waals surface area (Å²) in [4.78, 5) is 16.8. The number of benzene rings is 2. The molecule has 0 aliphatic rings. The molecule has 0 spiro atoms. The number of carbonyl (C=O) groups excluding carboxylic acids is 1. The van der Waals surface area contributed by atoms with Gasteiger partial charge in [0.2, 0.25) is 0 Å². The minimum Gasteiger partial charge on any atom is -0.488 e. The molecule has 0 aliphatic heterocycles. The third-order valence-corrected chi connectivity index (χ3v) is 4.72. The molecule has 3 aromatic rings. The molecule has 0 aliphatic carbocycles. The molecular formula is C20H18ClNO3S. The lowest BCUT2D eigenvalue weighted by Gasteiger charge is -2.12. The molecule has 0 radical (unpaired) electrons. The van der Waals surface area contributed by atoms with E-state index in [1.807, 2.05) is 30.5 Å². The van der Waals surface area contributed by atoms with Crippen molar-refractivity contribution >= 4 is 28.9 Å². The third-order valence-electron chi connectivity index (χ3n) is 3.70. The van der Waals surface area contributed by atoms with Crippen LogP contribution in [0.1, 0.15) is 27.9 Å². The minimum absolute atomic E-state index is 0.301. The highest BCUT2D eigenvalue weighted by atomic mass is 35.5. The molecule has 3 rings (SSSR count). The molecule has 1 aromatic heterocycles. The zero-order chi connectivity index (χ0) is 18.5. The van der Waals surface area contributed by atoms with Crippen molar-refractivity contribution in [2.24, 2.45) is 0 Å². The van der Waals surface area contributed by atoms with Crippen molar-refractivity contribution in [1.82, 2.24) is 4.98 Å². The van der Waals surface area contributed by atoms with Gasteiger partial charge < -0.3 is 9.47 Å². The Morgan fingerprint density at radius 3 is 2.62 bits per heavy atom. The van der Waals surface area contributed by atoms with E-state index in [4.69, 9.17) is 21.1 Å². The smallest absolute Gasteiger partial charge is 0.341 e. The van der Waals surface area contributed by atoms with Crippen molar-refractivity contribution in [3.8, 4) is 17.0 Å². The second-order valence-corrected chi connectivity index (χ2v) is 7.10. The molecule has 134 valence electrons. The van der Waals surface area contributed by atoms with Gasteiger partial charge in [0.15, 0.2) is 0 Å². The average Bonchev–Trinajstić information content (AvgIpc) is 3.08. The molecule has 0 amide bonds. The van der Waals surface area contributed by atoms with Gasteiger partial charge in [-0.15, -0.1) is 11.3 Å². The standard InChI is InChI=1S/C20H18ClNO3S/c1-3-24-20(23)17-10-15(18-12-26-13(2)22-18)6-9-19(17)25-11-14-4-7-16(21)8-5-14/h4-10,12H,3,11H2,1-2H3. The lowest BCUT2D eigenvalue weighted by molar-refractivity contribution is 0.0521. The van der Waals surface area contributed by atoms with Gasteiger partial charge >= 0.3 is 5.97 Å². The summed E-state index contributed by atoms with van der Waals surface area (Å²) in [7, 11) is 0. The minimum atomic E-state index is -0.410. The van der Waals surface area contributed by atoms with Crippen molar-refractivity contribution in [3.05, 3.63) is 69.0 Å². The van der Waals surface area contributed by atoms with Gasteiger partial charge in [-0.1, -0.05) is 23.7 Å². The largest absolute Gasteiger partial charge is 0.488 e. The number of halogens is 1. The van der Waals surface area contributed by atoms with Gasteiger partial charge in [-0.2, -0.15) is 0 Å². The Bertz CT molecular complexity index is 906. The van der Waals surface area contributed by atoms with Gasteiger partial charge in [0.05, 0.1) is 17.3 Å². The predicted molar refractivity (Wildman–Crippen MR) is 104 cm³/mol. The number of rotatable bonds is 6. The Hall–Kier alpha value is -2.37. The molecule has 4 nitrogen and oxygen atoms in total. The van der Waals surface area contributed by atoms with Crippen molar-refractivity contribution < 1.29 is 14.3 Å². The quantitative estimate of drug-likeness (QED) is 0.522. The van der Waals surface area contributed by atoms with Crippen LogP contribution >= 0.6 is 22.9 Å². The van der Waals surface area contributed by atoms with Crippen LogP contribution in [0.2, 0.25) is 5.02 Å². The molecular weight excluding hydrogens is 370 g/mol. The van der Waals surface area contributed by atoms with E-state index < -0.39 is 5.97 Å². The van der Waals surface area contributed by atoms with E-state index in [0.29, 0.717) is 29.5 Å². The molecule has 0 atom stereocenters. The zero-order valence-electron chi connectivity index (χ0n) is 14.5. The van der Waals surface area contributed by atoms with Crippen molar-refractivity contribution in [1.29, 1.82) is 0 Å². The van der Waals surface area contributed by atoms with Gasteiger partial charge in [-0.05, 0) is 49.7 Å². The van der Waals surface area contributed by atoms with Crippen LogP contribution in [-0.2, 0) is 11.3 Å². The highest BCUT2D eigenvalue weighted by Gasteiger charge is 2.16. The highest BCUT2D eigenvalue weighted by molar-refractivity contribution is 7.09. The summed E-state index contributed by atoms with van der Waals surface area (Å²) >= 11 is 7.47. The Labute approximate surface area is 161 Å². The molecule has 2 aromatic carbocycles. The summed E-state index contributed by atoms with van der Waals surface area (Å²) in [5, 5.41) is 3.61. The lowest BCUT2D eigenvalue weighted by Crippen LogP contribution is -2.08. The molecule has 6 heteroatoms. The Morgan fingerprint density at radius 2 is 1.96 bits per heavy atom. The molecule has 0 unspecified atom stereocenters. The van der Waals surface area contributed by atoms with Crippen LogP contribution in [0.25, 0.3) is 11.3 Å². The summed E-state index contributed by atoms with van der Waals surface area (Å²) in [6.45, 7) is 4.36. The number of esters is 1. The van der Waals surface area contributed by atoms with Crippen molar-refractivity contribution in [2.75, 3.05) is 6.61 Å². The van der Waals surface area contributed by atoms with Crippen LogP contribution in [0.15, 0.2) is 47.8 Å². The number of hydrogen-bond acceptors (Lipinski definition) is 5. The molecule has 1 heterocycles. The lowest BCUT2D eigenvalue weighted by atomic mass is 10.1. The van der Waals surface area contributed by atoms with Gasteiger partial charge in [-0.25, -0.2) is 9.78 Å². The molecule has 26 heavy (non-hydrogen) atoms. The highest BCUT2D eigenvalue weighted by Crippen LogP contribution is 2.29. The van der Waals surface area contributed by atoms with Gasteiger partial charge in [0.25, 0.3) is 0 Å². The first-order valence-electron chi connectivity index (χ1n) is 8.17. The molecule has 0 fully saturated rings. The van der Waals surface area contributed by atoms with Crippen LogP contribution in [0.4, 0.5) is 0 Å². The predicted octanol–water partition coefficient (Wildman–Crippen LogP) is 5.53. The van der Waals surface area contributed by atoms with Crippen LogP contribution in [0.3, 0.4) is 0 Å². The third kappa shape index (κ3) is 4.42. The first-order chi connectivity index (χ1) is 12.6. The van der Waals surface area contributed by atoms with E-state index in [2.05, 4.69) is 4.98 Å². The Kier molecular flexibility index (Phi) is 5.91. The monoisotopic (exact) mass is 387 g/mol. The van der Waals surface area contributed by atoms with E-state index in [0.717, 1.165) is 21.8 Å². The number of aryl methyl sites for hydroxylation is 1. The van der Waals surface area contributed by atoms with Crippen molar-refractivity contribution in [3.63, 3.8) is 0 Å². The summed E-state index contributed by atoms with van der Waals surface area (Å²) in [6.07, 6.45) is 0. The van der Waals surface area contributed by atoms with Crippen molar-refractivity contribution in [2.45, 2.75) is 20.5 Å². The topological polar surface area (TPSA) is 48.4 Å². The molecule has 0 saturated carbocycles. The van der Waals surface area contributed by atoms with Gasteiger partial charge in [0, 0.05) is 16.0 Å². The number of ether oxygens (including phenoxy) is 2. The van der Waals surface area contributed by atoms with Crippen LogP contribution in [0.5, 0.6) is 5.75 Å². The number of thiazole rings is 1. The number of aromatic nitrogens is 1. The first kappa shape index (κ1) is 18.4. The van der Waals surface area contributed by atoms with Gasteiger partial charge in [0.1, 0.15) is 17.9 Å². The van der Waals surface area contributed by atoms with E-state index >= 15 is 0 Å². The second kappa shape index (κ2) is 8.34. The summed E-state index contributed by atoms with van der Waals surface area (Å²) in [5.41, 5.74) is 3.05. The van der Waals surface area contributed by atoms with Crippen LogP contribution in [-0.4, -0.2) is 17.6 Å². The van der Waals surface area contributed by atoms with E-state index in [9.17, 15) is 4.79 Å². The van der Waals surface area contributed by atoms with Crippen LogP contribution in [0, 0.1) is 6.92 Å². The summed E-state index contributed by atoms with van der Waals surface area (Å²) < 4.78 is 11.0. The molecule has 0 bridgehead atoms.